The first kappa shape index (κ1) is 17.2. The summed E-state index contributed by atoms with van der Waals surface area (Å²) in [5.41, 5.74) is 1.38. The Morgan fingerprint density at radius 2 is 2.11 bits per heavy atom. The molecule has 3 aromatic heterocycles. The minimum atomic E-state index is -0.193. The van der Waals surface area contributed by atoms with Gasteiger partial charge in [0.15, 0.2) is 5.69 Å². The molecule has 27 heavy (non-hydrogen) atoms. The topological polar surface area (TPSA) is 111 Å². The highest BCUT2D eigenvalue weighted by Gasteiger charge is 2.23. The third kappa shape index (κ3) is 3.67. The number of hydrogen-bond donors (Lipinski definition) is 2. The number of amides is 1. The van der Waals surface area contributed by atoms with Crippen LogP contribution in [0.15, 0.2) is 29.3 Å². The summed E-state index contributed by atoms with van der Waals surface area (Å²) in [5.74, 6) is 2.93. The van der Waals surface area contributed by atoms with E-state index in [1.54, 1.807) is 6.20 Å². The van der Waals surface area contributed by atoms with E-state index in [0.29, 0.717) is 24.6 Å². The highest BCUT2D eigenvalue weighted by molar-refractivity contribution is 5.93. The molecule has 0 saturated heterocycles. The first-order valence-electron chi connectivity index (χ1n) is 9.04. The van der Waals surface area contributed by atoms with Crippen LogP contribution in [0.1, 0.15) is 40.5 Å². The molecule has 0 radical (unpaired) electrons. The van der Waals surface area contributed by atoms with Gasteiger partial charge in [-0.1, -0.05) is 5.16 Å². The molecule has 0 fully saturated rings. The number of hydrogen-bond acceptors (Lipinski definition) is 7. The van der Waals surface area contributed by atoms with Crippen LogP contribution in [-0.2, 0) is 12.8 Å². The Morgan fingerprint density at radius 1 is 1.22 bits per heavy atom. The van der Waals surface area contributed by atoms with Crippen LogP contribution in [0.2, 0.25) is 0 Å². The summed E-state index contributed by atoms with van der Waals surface area (Å²) in [6.07, 6.45) is 8.95. The first-order valence-corrected chi connectivity index (χ1v) is 9.04. The highest BCUT2D eigenvalue weighted by atomic mass is 16.5. The molecule has 4 rings (SSSR count). The molecule has 140 valence electrons. The monoisotopic (exact) mass is 367 g/mol. The van der Waals surface area contributed by atoms with Gasteiger partial charge in [-0.25, -0.2) is 15.0 Å². The minimum absolute atomic E-state index is 0.193. The van der Waals surface area contributed by atoms with Gasteiger partial charge in [0.1, 0.15) is 29.5 Å². The van der Waals surface area contributed by atoms with Crippen LogP contribution < -0.4 is 10.6 Å². The van der Waals surface area contributed by atoms with Crippen LogP contribution >= 0.6 is 0 Å². The Hall–Kier alpha value is -3.23. The van der Waals surface area contributed by atoms with Gasteiger partial charge in [0.25, 0.3) is 5.91 Å². The number of nitrogens with zero attached hydrogens (tertiary/aromatic N) is 5. The molecule has 1 aliphatic rings. The normalized spacial score (nSPS) is 13.2. The molecule has 0 saturated carbocycles. The fraction of sp³-hybridized carbons (Fsp3) is 0.389. The van der Waals surface area contributed by atoms with Crippen LogP contribution in [-0.4, -0.2) is 43.7 Å². The van der Waals surface area contributed by atoms with Gasteiger partial charge in [0, 0.05) is 43.5 Å². The van der Waals surface area contributed by atoms with Gasteiger partial charge in [-0.05, 0) is 26.2 Å². The molecule has 0 aliphatic heterocycles. The SMILES string of the molecule is Cc1nccn1-c1cc(NCCNC(=O)c2noc3c2CCCC3)ncn1. The van der Waals surface area contributed by atoms with Gasteiger partial charge in [0.2, 0.25) is 0 Å². The lowest BCUT2D eigenvalue weighted by Gasteiger charge is -2.10. The van der Waals surface area contributed by atoms with E-state index in [0.717, 1.165) is 48.6 Å². The number of imidazole rings is 1. The van der Waals surface area contributed by atoms with Gasteiger partial charge in [0.05, 0.1) is 0 Å². The summed E-state index contributed by atoms with van der Waals surface area (Å²) in [6.45, 7) is 2.89. The number of nitrogens with one attached hydrogen (secondary N) is 2. The zero-order chi connectivity index (χ0) is 18.6. The Labute approximate surface area is 156 Å². The molecular weight excluding hydrogens is 346 g/mol. The van der Waals surface area contributed by atoms with Crippen molar-refractivity contribution in [2.24, 2.45) is 0 Å². The van der Waals surface area contributed by atoms with Crippen molar-refractivity contribution in [3.05, 3.63) is 47.6 Å². The smallest absolute Gasteiger partial charge is 0.273 e. The number of carbonyl (C=O) groups is 1. The zero-order valence-electron chi connectivity index (χ0n) is 15.1. The van der Waals surface area contributed by atoms with Gasteiger partial charge in [-0.3, -0.25) is 9.36 Å². The summed E-state index contributed by atoms with van der Waals surface area (Å²) in [7, 11) is 0. The largest absolute Gasteiger partial charge is 0.368 e. The highest BCUT2D eigenvalue weighted by Crippen LogP contribution is 2.24. The van der Waals surface area contributed by atoms with E-state index >= 15 is 0 Å². The molecule has 0 spiro atoms. The van der Waals surface area contributed by atoms with Gasteiger partial charge in [-0.15, -0.1) is 0 Å². The maximum Gasteiger partial charge on any atom is 0.273 e. The van der Waals surface area contributed by atoms with Crippen LogP contribution in [0.4, 0.5) is 5.82 Å². The van der Waals surface area contributed by atoms with Crippen molar-refractivity contribution in [1.29, 1.82) is 0 Å². The summed E-state index contributed by atoms with van der Waals surface area (Å²) < 4.78 is 7.17. The molecule has 9 heteroatoms. The second-order valence-electron chi connectivity index (χ2n) is 6.43. The molecule has 9 nitrogen and oxygen atoms in total. The lowest BCUT2D eigenvalue weighted by Crippen LogP contribution is -2.30. The Kier molecular flexibility index (Phi) is 4.82. The van der Waals surface area contributed by atoms with E-state index in [-0.39, 0.29) is 5.91 Å². The summed E-state index contributed by atoms with van der Waals surface area (Å²) >= 11 is 0. The number of rotatable bonds is 6. The van der Waals surface area contributed by atoms with Crippen molar-refractivity contribution in [2.45, 2.75) is 32.6 Å². The van der Waals surface area contributed by atoms with Crippen LogP contribution in [0.5, 0.6) is 0 Å². The summed E-state index contributed by atoms with van der Waals surface area (Å²) in [6, 6.07) is 1.84. The Balaban J connectivity index is 1.31. The third-order valence-electron chi connectivity index (χ3n) is 4.61. The molecule has 3 heterocycles. The number of carbonyl (C=O) groups excluding carboxylic acids is 1. The van der Waals surface area contributed by atoms with Crippen LogP contribution in [0, 0.1) is 6.92 Å². The van der Waals surface area contributed by atoms with Crippen molar-refractivity contribution < 1.29 is 9.32 Å². The second kappa shape index (κ2) is 7.56. The van der Waals surface area contributed by atoms with Crippen molar-refractivity contribution in [3.8, 4) is 5.82 Å². The zero-order valence-corrected chi connectivity index (χ0v) is 15.1. The molecule has 1 amide bonds. The maximum absolute atomic E-state index is 12.3. The van der Waals surface area contributed by atoms with E-state index in [4.69, 9.17) is 4.52 Å². The lowest BCUT2D eigenvalue weighted by atomic mass is 9.96. The van der Waals surface area contributed by atoms with Gasteiger partial charge >= 0.3 is 0 Å². The molecule has 3 aromatic rings. The summed E-state index contributed by atoms with van der Waals surface area (Å²) in [5, 5.41) is 10.0. The molecule has 0 unspecified atom stereocenters. The van der Waals surface area contributed by atoms with Crippen LogP contribution in [0.3, 0.4) is 0 Å². The second-order valence-corrected chi connectivity index (χ2v) is 6.43. The number of aryl methyl sites for hydroxylation is 2. The average molecular weight is 367 g/mol. The Bertz CT molecular complexity index is 947. The van der Waals surface area contributed by atoms with Crippen molar-refractivity contribution in [2.75, 3.05) is 18.4 Å². The van der Waals surface area contributed by atoms with E-state index in [1.807, 2.05) is 23.8 Å². The quantitative estimate of drug-likeness (QED) is 0.638. The van der Waals surface area contributed by atoms with E-state index in [1.165, 1.54) is 6.33 Å². The predicted octanol–water partition coefficient (Wildman–Crippen LogP) is 1.68. The lowest BCUT2D eigenvalue weighted by molar-refractivity contribution is 0.0945. The maximum atomic E-state index is 12.3. The molecule has 0 bridgehead atoms. The molecule has 2 N–H and O–H groups in total. The molecule has 0 atom stereocenters. The molecular formula is C18H21N7O2. The number of anilines is 1. The van der Waals surface area contributed by atoms with E-state index in [9.17, 15) is 4.79 Å². The van der Waals surface area contributed by atoms with Gasteiger partial charge < -0.3 is 15.2 Å². The number of aromatic nitrogens is 5. The van der Waals surface area contributed by atoms with Crippen LogP contribution in [0.25, 0.3) is 5.82 Å². The fourth-order valence-corrected chi connectivity index (χ4v) is 3.21. The minimum Gasteiger partial charge on any atom is -0.368 e. The standard InChI is InChI=1S/C18H21N7O2/c1-12-19-8-9-25(12)16-10-15(22-11-23-16)20-6-7-21-18(26)17-13-4-2-3-5-14(13)27-24-17/h8-11H,2-7H2,1H3,(H,21,26)(H,20,22,23). The number of fused-ring (bicyclic) bond motifs is 1. The van der Waals surface area contributed by atoms with E-state index in [2.05, 4.69) is 30.7 Å². The fourth-order valence-electron chi connectivity index (χ4n) is 3.21. The van der Waals surface area contributed by atoms with Crippen molar-refractivity contribution in [1.82, 2.24) is 30.0 Å². The van der Waals surface area contributed by atoms with Crippen molar-refractivity contribution >= 4 is 11.7 Å². The Morgan fingerprint density at radius 3 is 2.96 bits per heavy atom. The van der Waals surface area contributed by atoms with Gasteiger partial charge in [-0.2, -0.15) is 0 Å². The van der Waals surface area contributed by atoms with Crippen molar-refractivity contribution in [3.63, 3.8) is 0 Å². The summed E-state index contributed by atoms with van der Waals surface area (Å²) in [4.78, 5) is 25.0. The third-order valence-corrected chi connectivity index (χ3v) is 4.61. The predicted molar refractivity (Wildman–Crippen MR) is 97.9 cm³/mol. The average Bonchev–Trinajstić information content (AvgIpc) is 3.31. The van der Waals surface area contributed by atoms with E-state index < -0.39 is 0 Å². The first-order chi connectivity index (χ1) is 13.2. The molecule has 0 aromatic carbocycles. The molecule has 1 aliphatic carbocycles.